The normalized spacial score (nSPS) is 11.3. The van der Waals surface area contributed by atoms with E-state index < -0.39 is 0 Å². The van der Waals surface area contributed by atoms with Gasteiger partial charge in [0, 0.05) is 6.92 Å². The Labute approximate surface area is 103 Å². The Morgan fingerprint density at radius 1 is 1.41 bits per heavy atom. The summed E-state index contributed by atoms with van der Waals surface area (Å²) in [5.74, 6) is -0.618. The van der Waals surface area contributed by atoms with Crippen molar-refractivity contribution in [2.45, 2.75) is 38.4 Å². The molecule has 0 fully saturated rings. The second-order valence-electron chi connectivity index (χ2n) is 4.44. The van der Waals surface area contributed by atoms with Crippen LogP contribution in [0.1, 0.15) is 27.7 Å². The Bertz CT molecular complexity index is 423. The van der Waals surface area contributed by atoms with Gasteiger partial charge in [0.1, 0.15) is 0 Å². The molecule has 2 amide bonds. The molecule has 0 bridgehead atoms. The number of thioether (sulfide) groups is 1. The molecule has 1 heterocycles. The minimum Gasteiger partial charge on any atom is -0.296 e. The fourth-order valence-corrected chi connectivity index (χ4v) is 1.91. The number of nitrogens with zero attached hydrogens (tertiary/aromatic N) is 4. The van der Waals surface area contributed by atoms with Gasteiger partial charge in [0.05, 0.1) is 11.3 Å². The van der Waals surface area contributed by atoms with Crippen LogP contribution in [0.5, 0.6) is 0 Å². The second kappa shape index (κ2) is 5.26. The number of imide groups is 1. The van der Waals surface area contributed by atoms with Crippen molar-refractivity contribution in [2.75, 3.05) is 5.75 Å². The SMILES string of the molecule is CC(=O)NC(=O)CSc1nnnn1C(C)(C)C. The van der Waals surface area contributed by atoms with E-state index in [9.17, 15) is 9.59 Å². The van der Waals surface area contributed by atoms with E-state index in [2.05, 4.69) is 20.8 Å². The van der Waals surface area contributed by atoms with Gasteiger partial charge < -0.3 is 0 Å². The first-order valence-electron chi connectivity index (χ1n) is 5.03. The second-order valence-corrected chi connectivity index (χ2v) is 5.38. The van der Waals surface area contributed by atoms with Crippen molar-refractivity contribution in [3.8, 4) is 0 Å². The van der Waals surface area contributed by atoms with Crippen molar-refractivity contribution in [3.05, 3.63) is 0 Å². The summed E-state index contributed by atoms with van der Waals surface area (Å²) in [6, 6.07) is 0. The van der Waals surface area contributed by atoms with Gasteiger partial charge >= 0.3 is 0 Å². The highest BCUT2D eigenvalue weighted by atomic mass is 32.2. The molecular formula is C9H15N5O2S. The van der Waals surface area contributed by atoms with Crippen molar-refractivity contribution in [3.63, 3.8) is 0 Å². The highest BCUT2D eigenvalue weighted by Gasteiger charge is 2.20. The van der Waals surface area contributed by atoms with Crippen molar-refractivity contribution in [1.82, 2.24) is 25.5 Å². The van der Waals surface area contributed by atoms with E-state index in [1.165, 1.54) is 18.7 Å². The lowest BCUT2D eigenvalue weighted by molar-refractivity contribution is -0.127. The van der Waals surface area contributed by atoms with Gasteiger partial charge in [-0.15, -0.1) is 5.10 Å². The highest BCUT2D eigenvalue weighted by molar-refractivity contribution is 7.99. The molecule has 7 nitrogen and oxygen atoms in total. The molecule has 0 aliphatic rings. The van der Waals surface area contributed by atoms with E-state index in [1.807, 2.05) is 20.8 Å². The van der Waals surface area contributed by atoms with Crippen LogP contribution in [0.4, 0.5) is 0 Å². The summed E-state index contributed by atoms with van der Waals surface area (Å²) in [7, 11) is 0. The number of carbonyl (C=O) groups excluding carboxylic acids is 2. The molecule has 0 unspecified atom stereocenters. The van der Waals surface area contributed by atoms with Crippen LogP contribution in [0.15, 0.2) is 5.16 Å². The van der Waals surface area contributed by atoms with E-state index in [-0.39, 0.29) is 23.1 Å². The summed E-state index contributed by atoms with van der Waals surface area (Å²) in [6.45, 7) is 7.18. The lowest BCUT2D eigenvalue weighted by Crippen LogP contribution is -2.30. The summed E-state index contributed by atoms with van der Waals surface area (Å²) in [5.41, 5.74) is -0.247. The number of tetrazole rings is 1. The zero-order valence-corrected chi connectivity index (χ0v) is 11.0. The Balaban J connectivity index is 2.61. The molecule has 0 aliphatic heterocycles. The summed E-state index contributed by atoms with van der Waals surface area (Å²) in [5, 5.41) is 14.0. The molecule has 0 aromatic carbocycles. The van der Waals surface area contributed by atoms with Gasteiger partial charge in [-0.25, -0.2) is 4.68 Å². The molecule has 94 valence electrons. The van der Waals surface area contributed by atoms with Gasteiger partial charge in [0.2, 0.25) is 17.0 Å². The van der Waals surface area contributed by atoms with Gasteiger partial charge in [0.25, 0.3) is 0 Å². The first kappa shape index (κ1) is 13.6. The van der Waals surface area contributed by atoms with Crippen LogP contribution in [0, 0.1) is 0 Å². The molecule has 0 atom stereocenters. The van der Waals surface area contributed by atoms with Crippen LogP contribution in [0.25, 0.3) is 0 Å². The van der Waals surface area contributed by atoms with Crippen molar-refractivity contribution in [2.24, 2.45) is 0 Å². The quantitative estimate of drug-likeness (QED) is 0.777. The van der Waals surface area contributed by atoms with E-state index in [1.54, 1.807) is 4.68 Å². The van der Waals surface area contributed by atoms with Crippen molar-refractivity contribution in [1.29, 1.82) is 0 Å². The van der Waals surface area contributed by atoms with Gasteiger partial charge in [-0.05, 0) is 31.2 Å². The summed E-state index contributed by atoms with van der Waals surface area (Å²) in [6.07, 6.45) is 0. The number of hydrogen-bond acceptors (Lipinski definition) is 6. The number of hydrogen-bond donors (Lipinski definition) is 1. The largest absolute Gasteiger partial charge is 0.296 e. The van der Waals surface area contributed by atoms with Gasteiger partial charge in [-0.1, -0.05) is 11.8 Å². The zero-order valence-electron chi connectivity index (χ0n) is 10.2. The van der Waals surface area contributed by atoms with Crippen LogP contribution < -0.4 is 5.32 Å². The van der Waals surface area contributed by atoms with Crippen LogP contribution in [0.3, 0.4) is 0 Å². The molecule has 0 saturated carbocycles. The highest BCUT2D eigenvalue weighted by Crippen LogP contribution is 2.20. The monoisotopic (exact) mass is 257 g/mol. The molecular weight excluding hydrogens is 242 g/mol. The van der Waals surface area contributed by atoms with Crippen molar-refractivity contribution >= 4 is 23.6 Å². The number of rotatable bonds is 3. The Morgan fingerprint density at radius 2 is 2.06 bits per heavy atom. The standard InChI is InChI=1S/C9H15N5O2S/c1-6(15)10-7(16)5-17-8-11-12-13-14(8)9(2,3)4/h5H2,1-4H3,(H,10,15,16). The fourth-order valence-electron chi connectivity index (χ4n) is 1.05. The minimum absolute atomic E-state index is 0.107. The maximum Gasteiger partial charge on any atom is 0.237 e. The first-order valence-corrected chi connectivity index (χ1v) is 6.01. The zero-order chi connectivity index (χ0) is 13.1. The number of amides is 2. The summed E-state index contributed by atoms with van der Waals surface area (Å²) in [4.78, 5) is 21.9. The molecule has 0 aliphatic carbocycles. The summed E-state index contributed by atoms with van der Waals surface area (Å²) >= 11 is 1.19. The van der Waals surface area contributed by atoms with Gasteiger partial charge in [-0.3, -0.25) is 14.9 Å². The van der Waals surface area contributed by atoms with E-state index in [0.29, 0.717) is 5.16 Å². The molecule has 1 N–H and O–H groups in total. The maximum absolute atomic E-state index is 11.3. The van der Waals surface area contributed by atoms with Crippen LogP contribution in [0.2, 0.25) is 0 Å². The third-order valence-corrected chi connectivity index (χ3v) is 2.64. The molecule has 1 aromatic rings. The maximum atomic E-state index is 11.3. The van der Waals surface area contributed by atoms with Crippen LogP contribution in [-0.4, -0.2) is 37.8 Å². The fraction of sp³-hybridized carbons (Fsp3) is 0.667. The van der Waals surface area contributed by atoms with E-state index in [4.69, 9.17) is 0 Å². The lowest BCUT2D eigenvalue weighted by Gasteiger charge is -2.19. The van der Waals surface area contributed by atoms with E-state index >= 15 is 0 Å². The predicted molar refractivity (Wildman–Crippen MR) is 62.4 cm³/mol. The topological polar surface area (TPSA) is 89.8 Å². The molecule has 17 heavy (non-hydrogen) atoms. The molecule has 0 spiro atoms. The Kier molecular flexibility index (Phi) is 4.22. The Morgan fingerprint density at radius 3 is 2.59 bits per heavy atom. The van der Waals surface area contributed by atoms with Gasteiger partial charge in [-0.2, -0.15) is 0 Å². The first-order chi connectivity index (χ1) is 7.80. The average Bonchev–Trinajstić information content (AvgIpc) is 2.60. The predicted octanol–water partition coefficient (Wildman–Crippen LogP) is 0.183. The van der Waals surface area contributed by atoms with Crippen molar-refractivity contribution < 1.29 is 9.59 Å². The molecule has 1 aromatic heterocycles. The molecule has 0 radical (unpaired) electrons. The summed E-state index contributed by atoms with van der Waals surface area (Å²) < 4.78 is 1.64. The van der Waals surface area contributed by atoms with Gasteiger partial charge in [0.15, 0.2) is 0 Å². The minimum atomic E-state index is -0.369. The molecule has 1 rings (SSSR count). The molecule has 0 saturated heterocycles. The Hall–Kier alpha value is -1.44. The smallest absolute Gasteiger partial charge is 0.237 e. The average molecular weight is 257 g/mol. The third-order valence-electron chi connectivity index (χ3n) is 1.72. The van der Waals surface area contributed by atoms with E-state index in [0.717, 1.165) is 0 Å². The van der Waals surface area contributed by atoms with Crippen LogP contribution in [-0.2, 0) is 15.1 Å². The molecule has 8 heteroatoms. The lowest BCUT2D eigenvalue weighted by atomic mass is 10.1. The number of nitrogens with one attached hydrogen (secondary N) is 1. The van der Waals surface area contributed by atoms with Crippen LogP contribution >= 0.6 is 11.8 Å². The number of carbonyl (C=O) groups is 2. The third kappa shape index (κ3) is 4.14. The number of aromatic nitrogens is 4.